The summed E-state index contributed by atoms with van der Waals surface area (Å²) in [6, 6.07) is 15.7. The van der Waals surface area contributed by atoms with E-state index in [1.165, 1.54) is 11.3 Å². The first-order valence-electron chi connectivity index (χ1n) is 11.7. The van der Waals surface area contributed by atoms with E-state index in [1.807, 2.05) is 36.5 Å². The molecule has 34 heavy (non-hydrogen) atoms. The molecule has 5 rings (SSSR count). The molecule has 1 aliphatic heterocycles. The largest absolute Gasteiger partial charge is 0.478 e. The molecule has 7 heteroatoms. The fourth-order valence-corrected chi connectivity index (χ4v) is 5.13. The Morgan fingerprint density at radius 2 is 1.82 bits per heavy atom. The third-order valence-corrected chi connectivity index (χ3v) is 7.16. The number of piperidine rings is 1. The third-order valence-electron chi connectivity index (χ3n) is 7.16. The average Bonchev–Trinajstić information content (AvgIpc) is 3.21. The molecule has 1 atom stereocenters. The zero-order chi connectivity index (χ0) is 23.8. The summed E-state index contributed by atoms with van der Waals surface area (Å²) in [5.41, 5.74) is 12.2. The van der Waals surface area contributed by atoms with E-state index in [2.05, 4.69) is 39.5 Å². The van der Waals surface area contributed by atoms with Crippen LogP contribution in [0.2, 0.25) is 0 Å². The second-order valence-corrected chi connectivity index (χ2v) is 9.11. The minimum atomic E-state index is -0.880. The number of aromatic nitrogens is 3. The maximum atomic E-state index is 11.1. The minimum absolute atomic E-state index is 0.252. The normalized spacial score (nSPS) is 16.1. The molecule has 0 spiro atoms. The number of pyridine rings is 2. The number of benzene rings is 1. The zero-order valence-electron chi connectivity index (χ0n) is 19.5. The van der Waals surface area contributed by atoms with Crippen molar-refractivity contribution in [2.75, 3.05) is 18.8 Å². The topological polar surface area (TPSA) is 97.3 Å². The van der Waals surface area contributed by atoms with Crippen molar-refractivity contribution in [2.24, 2.45) is 7.05 Å². The molecule has 3 aromatic heterocycles. The molecule has 0 aliphatic carbocycles. The van der Waals surface area contributed by atoms with Crippen molar-refractivity contribution in [3.63, 3.8) is 0 Å². The molecule has 7 nitrogen and oxygen atoms in total. The van der Waals surface area contributed by atoms with Gasteiger partial charge in [0.05, 0.1) is 23.1 Å². The number of likely N-dealkylation sites (tertiary alicyclic amines) is 1. The summed E-state index contributed by atoms with van der Waals surface area (Å²) in [5.74, 6) is -0.418. The van der Waals surface area contributed by atoms with Crippen LogP contribution in [0.25, 0.3) is 22.3 Å². The number of hydrogen-bond acceptors (Lipinski definition) is 5. The molecular weight excluding hydrogens is 426 g/mol. The maximum Gasteiger partial charge on any atom is 0.335 e. The number of rotatable bonds is 5. The van der Waals surface area contributed by atoms with Gasteiger partial charge in [0.25, 0.3) is 0 Å². The quantitative estimate of drug-likeness (QED) is 0.446. The zero-order valence-corrected chi connectivity index (χ0v) is 19.5. The van der Waals surface area contributed by atoms with Crippen molar-refractivity contribution in [1.82, 2.24) is 19.4 Å². The maximum absolute atomic E-state index is 11.1. The van der Waals surface area contributed by atoms with E-state index < -0.39 is 5.97 Å². The summed E-state index contributed by atoms with van der Waals surface area (Å²) in [6.45, 7) is 4.25. The average molecular weight is 456 g/mol. The summed E-state index contributed by atoms with van der Waals surface area (Å²) in [7, 11) is 2.08. The number of aryl methyl sites for hydroxylation is 1. The van der Waals surface area contributed by atoms with E-state index in [0.29, 0.717) is 17.2 Å². The van der Waals surface area contributed by atoms with Gasteiger partial charge in [-0.1, -0.05) is 12.1 Å². The van der Waals surface area contributed by atoms with E-state index in [9.17, 15) is 4.79 Å². The standard InChI is InChI=1S/C27H29N5O2/c1-17(32-13-10-19(11-14-32)18-3-5-20(6-4-18)27(33)34)25-15-23-22(9-12-29-26(23)31(25)2)24-8-7-21(28)16-30-24/h3-9,12,15-17,19H,10-11,13-14,28H2,1-2H3,(H,33,34)/t17-/m0/s1. The van der Waals surface area contributed by atoms with Gasteiger partial charge in [0.2, 0.25) is 0 Å². The first-order chi connectivity index (χ1) is 16.4. The van der Waals surface area contributed by atoms with Crippen molar-refractivity contribution in [2.45, 2.75) is 31.7 Å². The van der Waals surface area contributed by atoms with Crippen LogP contribution in [0.1, 0.15) is 53.3 Å². The second kappa shape index (κ2) is 8.91. The summed E-state index contributed by atoms with van der Waals surface area (Å²) in [6.07, 6.45) is 5.64. The van der Waals surface area contributed by atoms with Crippen LogP contribution < -0.4 is 5.73 Å². The lowest BCUT2D eigenvalue weighted by molar-refractivity contribution is 0.0697. The van der Waals surface area contributed by atoms with E-state index in [-0.39, 0.29) is 6.04 Å². The van der Waals surface area contributed by atoms with Gasteiger partial charge in [0.1, 0.15) is 5.65 Å². The van der Waals surface area contributed by atoms with Crippen LogP contribution in [0.5, 0.6) is 0 Å². The van der Waals surface area contributed by atoms with Crippen molar-refractivity contribution in [3.8, 4) is 11.3 Å². The molecule has 1 saturated heterocycles. The number of carboxylic acid groups (broad SMARTS) is 1. The Bertz CT molecular complexity index is 1320. The van der Waals surface area contributed by atoms with Gasteiger partial charge in [-0.3, -0.25) is 9.88 Å². The van der Waals surface area contributed by atoms with E-state index >= 15 is 0 Å². The number of anilines is 1. The molecule has 0 saturated carbocycles. The Hall–Kier alpha value is -3.71. The molecule has 0 amide bonds. The molecule has 0 bridgehead atoms. The molecule has 4 aromatic rings. The summed E-state index contributed by atoms with van der Waals surface area (Å²) >= 11 is 0. The van der Waals surface area contributed by atoms with Crippen LogP contribution in [0.4, 0.5) is 5.69 Å². The SMILES string of the molecule is C[C@@H](c1cc2c(-c3ccc(N)cn3)ccnc2n1C)N1CCC(c2ccc(C(=O)O)cc2)CC1. The number of fused-ring (bicyclic) bond motifs is 1. The first-order valence-corrected chi connectivity index (χ1v) is 11.7. The fourth-order valence-electron chi connectivity index (χ4n) is 5.13. The number of carboxylic acids is 1. The van der Waals surface area contributed by atoms with Crippen LogP contribution >= 0.6 is 0 Å². The van der Waals surface area contributed by atoms with Gasteiger partial charge in [0, 0.05) is 35.9 Å². The Balaban J connectivity index is 1.35. The Kier molecular flexibility index (Phi) is 5.79. The predicted octanol–water partition coefficient (Wildman–Crippen LogP) is 4.86. The number of carbonyl (C=O) groups is 1. The summed E-state index contributed by atoms with van der Waals surface area (Å²) < 4.78 is 2.19. The highest BCUT2D eigenvalue weighted by molar-refractivity contribution is 5.93. The number of nitrogen functional groups attached to an aromatic ring is 1. The lowest BCUT2D eigenvalue weighted by atomic mass is 9.88. The van der Waals surface area contributed by atoms with Crippen molar-refractivity contribution in [3.05, 3.63) is 77.7 Å². The van der Waals surface area contributed by atoms with E-state index in [4.69, 9.17) is 10.8 Å². The minimum Gasteiger partial charge on any atom is -0.478 e. The molecular formula is C27H29N5O2. The van der Waals surface area contributed by atoms with Crippen LogP contribution in [0, 0.1) is 0 Å². The molecule has 1 aliphatic rings. The molecule has 1 fully saturated rings. The Morgan fingerprint density at radius 1 is 1.09 bits per heavy atom. The molecule has 0 radical (unpaired) electrons. The van der Waals surface area contributed by atoms with Gasteiger partial charge >= 0.3 is 5.97 Å². The molecule has 3 N–H and O–H groups in total. The Morgan fingerprint density at radius 3 is 2.47 bits per heavy atom. The number of hydrogen-bond donors (Lipinski definition) is 2. The van der Waals surface area contributed by atoms with Gasteiger partial charge in [-0.25, -0.2) is 9.78 Å². The second-order valence-electron chi connectivity index (χ2n) is 9.11. The van der Waals surface area contributed by atoms with E-state index in [0.717, 1.165) is 48.2 Å². The van der Waals surface area contributed by atoms with Gasteiger partial charge in [-0.05, 0) is 80.7 Å². The molecule has 4 heterocycles. The molecule has 1 aromatic carbocycles. The van der Waals surface area contributed by atoms with Crippen molar-refractivity contribution < 1.29 is 9.90 Å². The van der Waals surface area contributed by atoms with Crippen molar-refractivity contribution in [1.29, 1.82) is 0 Å². The highest BCUT2D eigenvalue weighted by Crippen LogP contribution is 2.35. The van der Waals surface area contributed by atoms with Gasteiger partial charge in [-0.15, -0.1) is 0 Å². The van der Waals surface area contributed by atoms with Gasteiger partial charge < -0.3 is 15.4 Å². The third kappa shape index (κ3) is 4.03. The number of nitrogens with two attached hydrogens (primary N) is 1. The van der Waals surface area contributed by atoms with Crippen LogP contribution in [0.15, 0.2) is 60.9 Å². The highest BCUT2D eigenvalue weighted by Gasteiger charge is 2.27. The van der Waals surface area contributed by atoms with Crippen LogP contribution in [0.3, 0.4) is 0 Å². The lowest BCUT2D eigenvalue weighted by Gasteiger charge is -2.36. The fraction of sp³-hybridized carbons (Fsp3) is 0.296. The predicted molar refractivity (Wildman–Crippen MR) is 134 cm³/mol. The van der Waals surface area contributed by atoms with Gasteiger partial charge in [-0.2, -0.15) is 0 Å². The molecule has 0 unspecified atom stereocenters. The monoisotopic (exact) mass is 455 g/mol. The van der Waals surface area contributed by atoms with Crippen LogP contribution in [-0.4, -0.2) is 43.6 Å². The summed E-state index contributed by atoms with van der Waals surface area (Å²) in [5, 5.41) is 10.2. The lowest BCUT2D eigenvalue weighted by Crippen LogP contribution is -2.35. The smallest absolute Gasteiger partial charge is 0.335 e. The number of nitrogens with zero attached hydrogens (tertiary/aromatic N) is 4. The molecule has 174 valence electrons. The number of aromatic carboxylic acids is 1. The van der Waals surface area contributed by atoms with Gasteiger partial charge in [0.15, 0.2) is 0 Å². The van der Waals surface area contributed by atoms with Crippen molar-refractivity contribution >= 4 is 22.7 Å². The van der Waals surface area contributed by atoms with E-state index in [1.54, 1.807) is 18.3 Å². The highest BCUT2D eigenvalue weighted by atomic mass is 16.4. The Labute approximate surface area is 198 Å². The van der Waals surface area contributed by atoms with Crippen LogP contribution in [-0.2, 0) is 7.05 Å². The first kappa shape index (κ1) is 22.1. The summed E-state index contributed by atoms with van der Waals surface area (Å²) in [4.78, 5) is 22.8.